The molecule has 1 aromatic heterocycles. The van der Waals surface area contributed by atoms with Crippen LogP contribution >= 0.6 is 22.9 Å². The van der Waals surface area contributed by atoms with Gasteiger partial charge in [-0.25, -0.2) is 0 Å². The molecule has 1 aliphatic carbocycles. The van der Waals surface area contributed by atoms with E-state index in [1.807, 2.05) is 35.2 Å². The lowest BCUT2D eigenvalue weighted by Crippen LogP contribution is -2.41. The summed E-state index contributed by atoms with van der Waals surface area (Å²) in [5.74, 6) is -0.809. The maximum absolute atomic E-state index is 14.1. The fourth-order valence-electron chi connectivity index (χ4n) is 5.45. The number of Topliss-reactive ketones (excluding diaryl/α,β-unsaturated/α-hetero) is 1. The number of ketones is 1. The average Bonchev–Trinajstić information content (AvgIpc) is 3.36. The third-order valence-corrected chi connectivity index (χ3v) is 9.44. The Bertz CT molecular complexity index is 1580. The minimum Gasteiger partial charge on any atom is -0.496 e. The standard InChI is InChI=1S/C32H29ClF3NO3S.CH5N/c1-19-7-14-24(15-8-19)37(31(39)29-28(33)25-5-3-4-6-27(25)41-29)18-23-17-22(13-16-26(23)40-2)20-9-11-21(12-10-20)30(38)32(34,35)36;1-2/h3-6,9-13,16-17,19,24H,7-8,14-15,18H2,1-2H3;2H2,1H3. The van der Waals surface area contributed by atoms with Crippen LogP contribution < -0.4 is 10.5 Å². The number of rotatable bonds is 7. The van der Waals surface area contributed by atoms with E-state index in [1.54, 1.807) is 19.2 Å². The van der Waals surface area contributed by atoms with Gasteiger partial charge in [-0.1, -0.05) is 67.1 Å². The zero-order chi connectivity index (χ0) is 31.3. The second-order valence-corrected chi connectivity index (χ2v) is 11.9. The lowest BCUT2D eigenvalue weighted by Gasteiger charge is -2.36. The number of benzene rings is 3. The van der Waals surface area contributed by atoms with Crippen LogP contribution in [0.2, 0.25) is 5.02 Å². The fraction of sp³-hybridized carbons (Fsp3) is 0.333. The highest BCUT2D eigenvalue weighted by Crippen LogP contribution is 2.39. The molecule has 0 aliphatic heterocycles. The van der Waals surface area contributed by atoms with Crippen LogP contribution in [-0.4, -0.2) is 43.0 Å². The minimum atomic E-state index is -4.93. The van der Waals surface area contributed by atoms with Crippen molar-refractivity contribution < 1.29 is 27.5 Å². The maximum Gasteiger partial charge on any atom is 0.454 e. The third-order valence-electron chi connectivity index (χ3n) is 7.78. The van der Waals surface area contributed by atoms with Crippen LogP contribution in [-0.2, 0) is 6.54 Å². The first-order chi connectivity index (χ1) is 20.6. The van der Waals surface area contributed by atoms with Crippen molar-refractivity contribution in [3.05, 3.63) is 87.8 Å². The van der Waals surface area contributed by atoms with Crippen molar-refractivity contribution in [2.45, 2.75) is 51.4 Å². The summed E-state index contributed by atoms with van der Waals surface area (Å²) in [7, 11) is 3.06. The van der Waals surface area contributed by atoms with Gasteiger partial charge >= 0.3 is 6.18 Å². The molecule has 1 amide bonds. The Morgan fingerprint density at radius 1 is 0.977 bits per heavy atom. The Morgan fingerprint density at radius 2 is 1.60 bits per heavy atom. The Hall–Kier alpha value is -3.40. The van der Waals surface area contributed by atoms with E-state index in [2.05, 4.69) is 12.7 Å². The molecule has 43 heavy (non-hydrogen) atoms. The van der Waals surface area contributed by atoms with Gasteiger partial charge in [0.05, 0.1) is 12.1 Å². The number of carbonyl (C=O) groups excluding carboxylic acids is 2. The van der Waals surface area contributed by atoms with Crippen LogP contribution in [0.3, 0.4) is 0 Å². The highest BCUT2D eigenvalue weighted by molar-refractivity contribution is 7.21. The summed E-state index contributed by atoms with van der Waals surface area (Å²) in [5.41, 5.74) is 6.23. The number of hydrogen-bond acceptors (Lipinski definition) is 5. The Morgan fingerprint density at radius 3 is 2.21 bits per heavy atom. The van der Waals surface area contributed by atoms with Crippen molar-refractivity contribution in [1.29, 1.82) is 0 Å². The summed E-state index contributed by atoms with van der Waals surface area (Å²) in [6.45, 7) is 2.51. The molecule has 1 heterocycles. The van der Waals surface area contributed by atoms with Gasteiger partial charge in [0.2, 0.25) is 0 Å². The molecule has 228 valence electrons. The summed E-state index contributed by atoms with van der Waals surface area (Å²) in [6.07, 6.45) is -1.12. The largest absolute Gasteiger partial charge is 0.496 e. The lowest BCUT2D eigenvalue weighted by molar-refractivity contribution is -0.0885. The van der Waals surface area contributed by atoms with E-state index in [9.17, 15) is 22.8 Å². The maximum atomic E-state index is 14.1. The van der Waals surface area contributed by atoms with Gasteiger partial charge in [-0.05, 0) is 68.0 Å². The van der Waals surface area contributed by atoms with Crippen LogP contribution in [0.1, 0.15) is 58.2 Å². The van der Waals surface area contributed by atoms with Crippen LogP contribution in [0, 0.1) is 5.92 Å². The number of nitrogens with two attached hydrogens (primary N) is 1. The van der Waals surface area contributed by atoms with E-state index in [1.165, 1.54) is 42.6 Å². The van der Waals surface area contributed by atoms with Crippen LogP contribution in [0.4, 0.5) is 13.2 Å². The monoisotopic (exact) mass is 630 g/mol. The highest BCUT2D eigenvalue weighted by Gasteiger charge is 2.39. The molecule has 3 aromatic carbocycles. The third kappa shape index (κ3) is 7.22. The van der Waals surface area contributed by atoms with Crippen molar-refractivity contribution in [2.75, 3.05) is 14.2 Å². The summed E-state index contributed by atoms with van der Waals surface area (Å²) in [6, 6.07) is 18.5. The SMILES string of the molecule is CN.COc1ccc(-c2ccc(C(=O)C(F)(F)F)cc2)cc1CN(C(=O)c1sc2ccccc2c1Cl)C1CCC(C)CC1. The molecule has 2 N–H and O–H groups in total. The van der Waals surface area contributed by atoms with Crippen LogP contribution in [0.15, 0.2) is 66.7 Å². The Labute approximate surface area is 258 Å². The molecule has 1 saturated carbocycles. The zero-order valence-corrected chi connectivity index (χ0v) is 25.8. The number of ether oxygens (including phenoxy) is 1. The number of halogens is 4. The number of alkyl halides is 3. The smallest absolute Gasteiger partial charge is 0.454 e. The number of amides is 1. The van der Waals surface area contributed by atoms with E-state index in [4.69, 9.17) is 16.3 Å². The first kappa shape index (κ1) is 32.5. The normalized spacial score (nSPS) is 16.7. The molecule has 10 heteroatoms. The molecule has 5 nitrogen and oxygen atoms in total. The first-order valence-corrected chi connectivity index (χ1v) is 15.2. The van der Waals surface area contributed by atoms with Gasteiger partial charge in [0.1, 0.15) is 10.6 Å². The molecular weight excluding hydrogens is 597 g/mol. The summed E-state index contributed by atoms with van der Waals surface area (Å²) in [5, 5.41) is 1.31. The number of nitrogens with zero attached hydrogens (tertiary/aromatic N) is 1. The van der Waals surface area contributed by atoms with E-state index in [-0.39, 0.29) is 18.5 Å². The Balaban J connectivity index is 0.00000207. The van der Waals surface area contributed by atoms with Crippen molar-refractivity contribution in [3.63, 3.8) is 0 Å². The van der Waals surface area contributed by atoms with E-state index >= 15 is 0 Å². The van der Waals surface area contributed by atoms with Crippen molar-refractivity contribution in [2.24, 2.45) is 11.7 Å². The van der Waals surface area contributed by atoms with Gasteiger partial charge in [-0.2, -0.15) is 13.2 Å². The van der Waals surface area contributed by atoms with Gasteiger partial charge in [-0.3, -0.25) is 9.59 Å². The van der Waals surface area contributed by atoms with Gasteiger partial charge in [-0.15, -0.1) is 11.3 Å². The predicted octanol–water partition coefficient (Wildman–Crippen LogP) is 8.77. The van der Waals surface area contributed by atoms with Gasteiger partial charge < -0.3 is 15.4 Å². The minimum absolute atomic E-state index is 0.0287. The molecule has 0 radical (unpaired) electrons. The van der Waals surface area contributed by atoms with Crippen LogP contribution in [0.25, 0.3) is 21.2 Å². The second kappa shape index (κ2) is 13.9. The Kier molecular flexibility index (Phi) is 10.5. The van der Waals surface area contributed by atoms with E-state index in [0.29, 0.717) is 27.1 Å². The first-order valence-electron chi connectivity index (χ1n) is 14.0. The van der Waals surface area contributed by atoms with Gasteiger partial charge in [0.15, 0.2) is 0 Å². The molecule has 0 spiro atoms. The van der Waals surface area contributed by atoms with Crippen molar-refractivity contribution in [1.82, 2.24) is 4.90 Å². The fourth-order valence-corrected chi connectivity index (χ4v) is 6.91. The van der Waals surface area contributed by atoms with E-state index in [0.717, 1.165) is 46.9 Å². The molecular formula is C33H34ClF3N2O3S. The van der Waals surface area contributed by atoms with Gasteiger partial charge in [0.25, 0.3) is 11.7 Å². The molecule has 1 aliphatic rings. The topological polar surface area (TPSA) is 72.6 Å². The molecule has 4 aromatic rings. The number of hydrogen-bond donors (Lipinski definition) is 1. The number of carbonyl (C=O) groups is 2. The summed E-state index contributed by atoms with van der Waals surface area (Å²) >= 11 is 8.12. The van der Waals surface area contributed by atoms with Crippen LogP contribution in [0.5, 0.6) is 5.75 Å². The van der Waals surface area contributed by atoms with E-state index < -0.39 is 17.5 Å². The highest BCUT2D eigenvalue weighted by atomic mass is 35.5. The molecule has 0 atom stereocenters. The van der Waals surface area contributed by atoms with Crippen molar-refractivity contribution in [3.8, 4) is 16.9 Å². The van der Waals surface area contributed by atoms with Gasteiger partial charge in [0, 0.05) is 33.8 Å². The number of thiophene rings is 1. The average molecular weight is 631 g/mol. The molecule has 0 unspecified atom stereocenters. The zero-order valence-electron chi connectivity index (χ0n) is 24.2. The number of methoxy groups -OCH3 is 1. The van der Waals surface area contributed by atoms with Crippen molar-refractivity contribution >= 4 is 44.7 Å². The lowest BCUT2D eigenvalue weighted by atomic mass is 9.86. The predicted molar refractivity (Wildman–Crippen MR) is 167 cm³/mol. The molecule has 5 rings (SSSR count). The molecule has 0 bridgehead atoms. The molecule has 0 saturated heterocycles. The summed E-state index contributed by atoms with van der Waals surface area (Å²) < 4.78 is 45.2. The number of fused-ring (bicyclic) bond motifs is 1. The molecule has 1 fully saturated rings. The quantitative estimate of drug-likeness (QED) is 0.207. The second-order valence-electron chi connectivity index (χ2n) is 10.5. The summed E-state index contributed by atoms with van der Waals surface area (Å²) in [4.78, 5) is 28.2.